The molecule has 0 aromatic carbocycles. The highest BCUT2D eigenvalue weighted by atomic mass is 14.9. The average molecular weight is 298 g/mol. The van der Waals surface area contributed by atoms with Crippen LogP contribution in [0, 0.1) is 11.8 Å². The molecule has 0 radical (unpaired) electrons. The SMILES string of the molecule is CCCCCCCCCCCCCC(C)CNCC(C)C. The van der Waals surface area contributed by atoms with Gasteiger partial charge in [-0.1, -0.05) is 98.3 Å². The molecule has 0 saturated carbocycles. The van der Waals surface area contributed by atoms with Gasteiger partial charge in [0.25, 0.3) is 0 Å². The van der Waals surface area contributed by atoms with E-state index >= 15 is 0 Å². The normalized spacial score (nSPS) is 13.0. The largest absolute Gasteiger partial charge is 0.316 e. The first kappa shape index (κ1) is 21.0. The smallest absolute Gasteiger partial charge is 0.00230 e. The Labute approximate surface area is 135 Å². The molecule has 0 aliphatic heterocycles. The second-order valence-corrected chi connectivity index (χ2v) is 7.48. The second-order valence-electron chi connectivity index (χ2n) is 7.48. The quantitative estimate of drug-likeness (QED) is 0.318. The molecule has 1 atom stereocenters. The fraction of sp³-hybridized carbons (Fsp3) is 1.00. The Hall–Kier alpha value is -0.0400. The first-order valence-electron chi connectivity index (χ1n) is 9.87. The third-order valence-corrected chi connectivity index (χ3v) is 4.35. The van der Waals surface area contributed by atoms with Crippen LogP contribution >= 0.6 is 0 Å². The lowest BCUT2D eigenvalue weighted by Gasteiger charge is -2.13. The van der Waals surface area contributed by atoms with E-state index in [1.165, 1.54) is 90.1 Å². The zero-order chi connectivity index (χ0) is 15.8. The van der Waals surface area contributed by atoms with Gasteiger partial charge >= 0.3 is 0 Å². The first-order chi connectivity index (χ1) is 10.2. The van der Waals surface area contributed by atoms with Gasteiger partial charge in [0, 0.05) is 0 Å². The van der Waals surface area contributed by atoms with Gasteiger partial charge in [0.05, 0.1) is 0 Å². The van der Waals surface area contributed by atoms with Crippen molar-refractivity contribution in [3.8, 4) is 0 Å². The van der Waals surface area contributed by atoms with Gasteiger partial charge in [0.15, 0.2) is 0 Å². The maximum Gasteiger partial charge on any atom is -0.00230 e. The Balaban J connectivity index is 3.10. The summed E-state index contributed by atoms with van der Waals surface area (Å²) in [5, 5.41) is 3.57. The van der Waals surface area contributed by atoms with Crippen LogP contribution in [0.1, 0.15) is 105 Å². The molecule has 0 amide bonds. The lowest BCUT2D eigenvalue weighted by Crippen LogP contribution is -2.25. The van der Waals surface area contributed by atoms with Crippen molar-refractivity contribution in [3.63, 3.8) is 0 Å². The summed E-state index contributed by atoms with van der Waals surface area (Å²) in [6.07, 6.45) is 17.3. The van der Waals surface area contributed by atoms with Crippen LogP contribution in [-0.4, -0.2) is 13.1 Å². The Bertz CT molecular complexity index is 188. The molecule has 1 unspecified atom stereocenters. The van der Waals surface area contributed by atoms with E-state index in [2.05, 4.69) is 33.0 Å². The summed E-state index contributed by atoms with van der Waals surface area (Å²) in [4.78, 5) is 0. The Morgan fingerprint density at radius 3 is 1.57 bits per heavy atom. The Morgan fingerprint density at radius 2 is 1.10 bits per heavy atom. The van der Waals surface area contributed by atoms with Crippen molar-refractivity contribution in [2.45, 2.75) is 105 Å². The molecule has 0 spiro atoms. The third kappa shape index (κ3) is 17.9. The highest BCUT2D eigenvalue weighted by Gasteiger charge is 2.02. The third-order valence-electron chi connectivity index (χ3n) is 4.35. The summed E-state index contributed by atoms with van der Waals surface area (Å²) >= 11 is 0. The first-order valence-corrected chi connectivity index (χ1v) is 9.87. The van der Waals surface area contributed by atoms with Gasteiger partial charge in [-0.05, 0) is 31.3 Å². The minimum absolute atomic E-state index is 0.777. The van der Waals surface area contributed by atoms with Gasteiger partial charge in [0.1, 0.15) is 0 Å². The summed E-state index contributed by atoms with van der Waals surface area (Å²) in [5.74, 6) is 1.63. The zero-order valence-electron chi connectivity index (χ0n) is 15.6. The van der Waals surface area contributed by atoms with Gasteiger partial charge in [-0.25, -0.2) is 0 Å². The Morgan fingerprint density at radius 1 is 0.619 bits per heavy atom. The fourth-order valence-corrected chi connectivity index (χ4v) is 2.88. The number of unbranched alkanes of at least 4 members (excludes halogenated alkanes) is 10. The molecule has 0 bridgehead atoms. The standard InChI is InChI=1S/C20H43N/c1-5-6-7-8-9-10-11-12-13-14-15-16-20(4)18-21-17-19(2)3/h19-21H,5-18H2,1-4H3. The van der Waals surface area contributed by atoms with Crippen LogP contribution in [0.2, 0.25) is 0 Å². The molecular formula is C20H43N. The molecule has 21 heavy (non-hydrogen) atoms. The lowest BCUT2D eigenvalue weighted by atomic mass is 10.0. The summed E-state index contributed by atoms with van der Waals surface area (Å²) < 4.78 is 0. The van der Waals surface area contributed by atoms with E-state index in [-0.39, 0.29) is 0 Å². The van der Waals surface area contributed by atoms with E-state index in [9.17, 15) is 0 Å². The summed E-state index contributed by atoms with van der Waals surface area (Å²) in [5.41, 5.74) is 0. The lowest BCUT2D eigenvalue weighted by molar-refractivity contribution is 0.432. The van der Waals surface area contributed by atoms with E-state index in [1.807, 2.05) is 0 Å². The van der Waals surface area contributed by atoms with E-state index < -0.39 is 0 Å². The summed E-state index contributed by atoms with van der Waals surface area (Å²) in [7, 11) is 0. The molecule has 0 rings (SSSR count). The van der Waals surface area contributed by atoms with E-state index in [1.54, 1.807) is 0 Å². The van der Waals surface area contributed by atoms with Gasteiger partial charge in [0.2, 0.25) is 0 Å². The van der Waals surface area contributed by atoms with E-state index in [0.29, 0.717) is 0 Å². The van der Waals surface area contributed by atoms with Crippen molar-refractivity contribution in [3.05, 3.63) is 0 Å². The zero-order valence-corrected chi connectivity index (χ0v) is 15.6. The molecule has 0 aromatic rings. The molecule has 0 aliphatic rings. The molecule has 0 saturated heterocycles. The molecule has 0 heterocycles. The van der Waals surface area contributed by atoms with Crippen molar-refractivity contribution in [2.75, 3.05) is 13.1 Å². The van der Waals surface area contributed by atoms with E-state index in [4.69, 9.17) is 0 Å². The summed E-state index contributed by atoms with van der Waals surface area (Å²) in [6.45, 7) is 11.6. The van der Waals surface area contributed by atoms with Crippen molar-refractivity contribution >= 4 is 0 Å². The van der Waals surface area contributed by atoms with Crippen LogP contribution in [-0.2, 0) is 0 Å². The molecule has 128 valence electrons. The van der Waals surface area contributed by atoms with Crippen molar-refractivity contribution in [2.24, 2.45) is 11.8 Å². The number of nitrogens with one attached hydrogen (secondary N) is 1. The number of hydrogen-bond donors (Lipinski definition) is 1. The number of rotatable bonds is 16. The predicted molar refractivity (Wildman–Crippen MR) is 97.9 cm³/mol. The van der Waals surface area contributed by atoms with Crippen LogP contribution in [0.15, 0.2) is 0 Å². The van der Waals surface area contributed by atoms with Crippen molar-refractivity contribution < 1.29 is 0 Å². The molecule has 1 N–H and O–H groups in total. The molecular weight excluding hydrogens is 254 g/mol. The monoisotopic (exact) mass is 297 g/mol. The second kappa shape index (κ2) is 16.3. The Kier molecular flexibility index (Phi) is 16.3. The molecule has 0 aliphatic carbocycles. The van der Waals surface area contributed by atoms with E-state index in [0.717, 1.165) is 11.8 Å². The van der Waals surface area contributed by atoms with Crippen LogP contribution in [0.3, 0.4) is 0 Å². The highest BCUT2D eigenvalue weighted by Crippen LogP contribution is 2.13. The van der Waals surface area contributed by atoms with Crippen LogP contribution in [0.4, 0.5) is 0 Å². The minimum Gasteiger partial charge on any atom is -0.316 e. The average Bonchev–Trinajstić information content (AvgIpc) is 2.44. The fourth-order valence-electron chi connectivity index (χ4n) is 2.88. The van der Waals surface area contributed by atoms with Crippen LogP contribution in [0.25, 0.3) is 0 Å². The molecule has 1 heteroatoms. The molecule has 0 fully saturated rings. The summed E-state index contributed by atoms with van der Waals surface area (Å²) in [6, 6.07) is 0. The predicted octanol–water partition coefficient (Wildman–Crippen LogP) is 6.57. The maximum absolute atomic E-state index is 3.57. The van der Waals surface area contributed by atoms with Crippen LogP contribution < -0.4 is 5.32 Å². The van der Waals surface area contributed by atoms with Gasteiger partial charge in [-0.2, -0.15) is 0 Å². The minimum atomic E-state index is 0.777. The highest BCUT2D eigenvalue weighted by molar-refractivity contribution is 4.59. The van der Waals surface area contributed by atoms with Gasteiger partial charge < -0.3 is 5.32 Å². The molecule has 0 aromatic heterocycles. The van der Waals surface area contributed by atoms with Crippen molar-refractivity contribution in [1.29, 1.82) is 0 Å². The van der Waals surface area contributed by atoms with Gasteiger partial charge in [-0.3, -0.25) is 0 Å². The van der Waals surface area contributed by atoms with Gasteiger partial charge in [-0.15, -0.1) is 0 Å². The van der Waals surface area contributed by atoms with Crippen LogP contribution in [0.5, 0.6) is 0 Å². The number of hydrogen-bond acceptors (Lipinski definition) is 1. The topological polar surface area (TPSA) is 12.0 Å². The molecule has 1 nitrogen and oxygen atoms in total. The maximum atomic E-state index is 3.57. The van der Waals surface area contributed by atoms with Crippen molar-refractivity contribution in [1.82, 2.24) is 5.32 Å².